The van der Waals surface area contributed by atoms with Gasteiger partial charge in [0.15, 0.2) is 5.76 Å². The van der Waals surface area contributed by atoms with Gasteiger partial charge in [-0.1, -0.05) is 18.2 Å². The second-order valence-electron chi connectivity index (χ2n) is 7.41. The first-order valence-corrected chi connectivity index (χ1v) is 11.2. The molecule has 0 spiro atoms. The van der Waals surface area contributed by atoms with Crippen LogP contribution in [0.5, 0.6) is 5.75 Å². The summed E-state index contributed by atoms with van der Waals surface area (Å²) in [6.45, 7) is 0.507. The molecule has 0 atom stereocenters. The molecule has 7 heteroatoms. The van der Waals surface area contributed by atoms with Gasteiger partial charge in [-0.2, -0.15) is 5.26 Å². The van der Waals surface area contributed by atoms with Crippen molar-refractivity contribution in [1.82, 2.24) is 4.98 Å². The number of benzene rings is 1. The second kappa shape index (κ2) is 10.8. The summed E-state index contributed by atoms with van der Waals surface area (Å²) < 4.78 is 17.4. The summed E-state index contributed by atoms with van der Waals surface area (Å²) in [7, 11) is 1.60. The van der Waals surface area contributed by atoms with E-state index in [0.29, 0.717) is 41.7 Å². The molecule has 1 N–H and O–H groups in total. The Bertz CT molecular complexity index is 1270. The van der Waals surface area contributed by atoms with Crippen molar-refractivity contribution in [2.75, 3.05) is 24.9 Å². The largest absolute Gasteiger partial charge is 0.494 e. The summed E-state index contributed by atoms with van der Waals surface area (Å²) in [6, 6.07) is 9.86. The molecular weight excluding hydrogens is 438 g/mol. The van der Waals surface area contributed by atoms with Crippen LogP contribution in [0.15, 0.2) is 66.0 Å². The normalized spacial score (nSPS) is 14.3. The fourth-order valence-corrected chi connectivity index (χ4v) is 3.64. The molecule has 0 unspecified atom stereocenters. The Morgan fingerprint density at radius 1 is 1.21 bits per heavy atom. The van der Waals surface area contributed by atoms with E-state index in [1.165, 1.54) is 0 Å². The molecule has 2 aromatic rings. The minimum absolute atomic E-state index is 0.433. The van der Waals surface area contributed by atoms with Crippen LogP contribution in [0.1, 0.15) is 24.8 Å². The number of anilines is 2. The van der Waals surface area contributed by atoms with Crippen molar-refractivity contribution < 1.29 is 14.2 Å². The first-order chi connectivity index (χ1) is 16.2. The van der Waals surface area contributed by atoms with Crippen molar-refractivity contribution >= 4 is 35.1 Å². The van der Waals surface area contributed by atoms with E-state index >= 15 is 0 Å². The zero-order chi connectivity index (χ0) is 23.0. The third kappa shape index (κ3) is 5.39. The summed E-state index contributed by atoms with van der Waals surface area (Å²) in [5, 5.41) is 14.6. The third-order valence-electron chi connectivity index (χ3n) is 5.18. The van der Waals surface area contributed by atoms with Gasteiger partial charge in [-0.3, -0.25) is 4.98 Å². The fraction of sp³-hybridized carbons (Fsp3) is 0.231. The number of aromatic nitrogens is 1. The highest BCUT2D eigenvalue weighted by atomic mass is 35.5. The van der Waals surface area contributed by atoms with Gasteiger partial charge in [0, 0.05) is 35.8 Å². The van der Waals surface area contributed by atoms with E-state index in [2.05, 4.69) is 22.4 Å². The molecule has 6 nitrogen and oxygen atoms in total. The molecule has 1 heterocycles. The highest BCUT2D eigenvalue weighted by molar-refractivity contribution is 6.17. The Hall–Kier alpha value is -3.69. The zero-order valence-corrected chi connectivity index (χ0v) is 19.1. The number of rotatable bonds is 9. The van der Waals surface area contributed by atoms with Crippen molar-refractivity contribution in [3.05, 3.63) is 82.1 Å². The van der Waals surface area contributed by atoms with Crippen molar-refractivity contribution in [1.29, 1.82) is 5.26 Å². The minimum Gasteiger partial charge on any atom is -0.494 e. The van der Waals surface area contributed by atoms with Gasteiger partial charge in [-0.15, -0.1) is 11.6 Å². The van der Waals surface area contributed by atoms with Crippen molar-refractivity contribution in [2.45, 2.75) is 19.3 Å². The Morgan fingerprint density at radius 3 is 2.76 bits per heavy atom. The molecule has 2 aliphatic carbocycles. The van der Waals surface area contributed by atoms with Crippen molar-refractivity contribution in [3.63, 3.8) is 0 Å². The summed E-state index contributed by atoms with van der Waals surface area (Å²) in [4.78, 5) is 4.48. The molecule has 0 bridgehead atoms. The van der Waals surface area contributed by atoms with Gasteiger partial charge in [-0.05, 0) is 42.8 Å². The lowest BCUT2D eigenvalue weighted by Crippen LogP contribution is -2.31. The van der Waals surface area contributed by atoms with Gasteiger partial charge in [0.2, 0.25) is 0 Å². The number of nitrogens with one attached hydrogen (secondary N) is 1. The number of nitriles is 1. The van der Waals surface area contributed by atoms with Gasteiger partial charge in [-0.25, -0.2) is 0 Å². The molecule has 33 heavy (non-hydrogen) atoms. The first kappa shape index (κ1) is 22.5. The number of pyridine rings is 1. The Morgan fingerprint density at radius 2 is 2.06 bits per heavy atom. The number of halogens is 1. The quantitative estimate of drug-likeness (QED) is 0.441. The van der Waals surface area contributed by atoms with E-state index in [-0.39, 0.29) is 0 Å². The SMILES string of the molecule is COC1=C(OCCCCl)CC=c2ncc(C#N)c(Nc3ccc(OC4=CC=CC4)cc3)c2=C1. The Balaban J connectivity index is 1.66. The summed E-state index contributed by atoms with van der Waals surface area (Å²) in [6.07, 6.45) is 13.5. The average Bonchev–Trinajstić information content (AvgIpc) is 3.28. The predicted octanol–water partition coefficient (Wildman–Crippen LogP) is 4.39. The van der Waals surface area contributed by atoms with Crippen LogP contribution in [0, 0.1) is 11.3 Å². The van der Waals surface area contributed by atoms with Crippen molar-refractivity contribution in [3.8, 4) is 11.8 Å². The van der Waals surface area contributed by atoms with Gasteiger partial charge in [0.05, 0.1) is 30.3 Å². The first-order valence-electron chi connectivity index (χ1n) is 10.7. The van der Waals surface area contributed by atoms with Crippen LogP contribution in [-0.2, 0) is 9.47 Å². The number of hydrogen-bond acceptors (Lipinski definition) is 6. The van der Waals surface area contributed by atoms with E-state index in [4.69, 9.17) is 25.8 Å². The highest BCUT2D eigenvalue weighted by Gasteiger charge is 2.14. The van der Waals surface area contributed by atoms with Crippen LogP contribution < -0.4 is 20.6 Å². The number of ether oxygens (including phenoxy) is 3. The maximum Gasteiger partial charge on any atom is 0.157 e. The summed E-state index contributed by atoms with van der Waals surface area (Å²) >= 11 is 5.77. The second-order valence-corrected chi connectivity index (χ2v) is 7.79. The molecule has 1 aromatic heterocycles. The smallest absolute Gasteiger partial charge is 0.157 e. The molecule has 0 amide bonds. The van der Waals surface area contributed by atoms with Crippen LogP contribution >= 0.6 is 11.6 Å². The predicted molar refractivity (Wildman–Crippen MR) is 129 cm³/mol. The van der Waals surface area contributed by atoms with E-state index in [0.717, 1.165) is 40.6 Å². The van der Waals surface area contributed by atoms with E-state index in [1.54, 1.807) is 13.3 Å². The molecule has 0 fully saturated rings. The maximum absolute atomic E-state index is 9.72. The molecule has 168 valence electrons. The Labute approximate surface area is 197 Å². The lowest BCUT2D eigenvalue weighted by Gasteiger charge is -2.12. The summed E-state index contributed by atoms with van der Waals surface area (Å²) in [5.41, 5.74) is 1.92. The molecule has 1 aromatic carbocycles. The van der Waals surface area contributed by atoms with E-state index in [9.17, 15) is 5.26 Å². The topological polar surface area (TPSA) is 76.4 Å². The van der Waals surface area contributed by atoms with Crippen LogP contribution in [-0.4, -0.2) is 24.6 Å². The number of allylic oxidation sites excluding steroid dienone is 5. The number of methoxy groups -OCH3 is 1. The fourth-order valence-electron chi connectivity index (χ4n) is 3.53. The monoisotopic (exact) mass is 461 g/mol. The van der Waals surface area contributed by atoms with Crippen LogP contribution in [0.2, 0.25) is 0 Å². The van der Waals surface area contributed by atoms with Gasteiger partial charge < -0.3 is 19.5 Å². The minimum atomic E-state index is 0.433. The summed E-state index contributed by atoms with van der Waals surface area (Å²) in [5.74, 6) is 3.51. The highest BCUT2D eigenvalue weighted by Crippen LogP contribution is 2.24. The number of alkyl halides is 1. The molecule has 0 saturated carbocycles. The third-order valence-corrected chi connectivity index (χ3v) is 5.45. The standard InChI is InChI=1S/C26H24ClN3O3/c1-31-25-15-22-23(11-12-24(25)32-14-4-13-27)29-17-18(16-28)26(22)30-19-7-9-21(10-8-19)33-20-5-2-3-6-20/h2-3,5,7-11,15,17,30H,4,6,12-14H2,1H3. The Kier molecular flexibility index (Phi) is 7.33. The number of nitrogens with zero attached hydrogens (tertiary/aromatic N) is 2. The van der Waals surface area contributed by atoms with E-state index in [1.807, 2.05) is 48.6 Å². The molecule has 0 saturated heterocycles. The van der Waals surface area contributed by atoms with Crippen LogP contribution in [0.4, 0.5) is 11.4 Å². The lowest BCUT2D eigenvalue weighted by atomic mass is 10.1. The molecular formula is C26H24ClN3O3. The molecule has 2 aliphatic rings. The van der Waals surface area contributed by atoms with Crippen molar-refractivity contribution in [2.24, 2.45) is 0 Å². The number of fused-ring (bicyclic) bond motifs is 1. The molecule has 4 rings (SSSR count). The number of hydrogen-bond donors (Lipinski definition) is 1. The van der Waals surface area contributed by atoms with Gasteiger partial charge >= 0.3 is 0 Å². The average molecular weight is 462 g/mol. The van der Waals surface area contributed by atoms with Crippen LogP contribution in [0.3, 0.4) is 0 Å². The lowest BCUT2D eigenvalue weighted by molar-refractivity contribution is 0.182. The van der Waals surface area contributed by atoms with E-state index < -0.39 is 0 Å². The molecule has 0 radical (unpaired) electrons. The maximum atomic E-state index is 9.72. The molecule has 0 aliphatic heterocycles. The van der Waals surface area contributed by atoms with Gasteiger partial charge in [0.25, 0.3) is 0 Å². The van der Waals surface area contributed by atoms with Gasteiger partial charge in [0.1, 0.15) is 23.3 Å². The zero-order valence-electron chi connectivity index (χ0n) is 18.3. The van der Waals surface area contributed by atoms with Crippen LogP contribution in [0.25, 0.3) is 12.2 Å².